The number of aromatic hydroxyl groups is 1. The van der Waals surface area contributed by atoms with E-state index in [0.717, 1.165) is 11.6 Å². The Labute approximate surface area is 132 Å². The van der Waals surface area contributed by atoms with E-state index < -0.39 is 10.7 Å². The van der Waals surface area contributed by atoms with Crippen molar-refractivity contribution in [1.29, 1.82) is 0 Å². The van der Waals surface area contributed by atoms with Crippen molar-refractivity contribution in [2.75, 3.05) is 14.2 Å². The standard InChI is InChI=1S/C16H17FN2O4/c1-18(9-11-3-6-15(20)16(7-11)23-2)10-12-8-13(17)4-5-14(12)19(21)22/h3-8,20H,9-10H2,1-2H3. The fourth-order valence-electron chi connectivity index (χ4n) is 2.34. The number of nitrogens with zero attached hydrogens (tertiary/aromatic N) is 2. The van der Waals surface area contributed by atoms with E-state index in [1.807, 2.05) is 4.90 Å². The molecule has 7 heteroatoms. The topological polar surface area (TPSA) is 75.8 Å². The number of halogens is 1. The van der Waals surface area contributed by atoms with Gasteiger partial charge in [0.2, 0.25) is 0 Å². The maximum atomic E-state index is 13.3. The van der Waals surface area contributed by atoms with Crippen molar-refractivity contribution in [2.45, 2.75) is 13.1 Å². The summed E-state index contributed by atoms with van der Waals surface area (Å²) in [7, 11) is 3.23. The molecule has 0 fully saturated rings. The first-order valence-electron chi connectivity index (χ1n) is 6.88. The first-order chi connectivity index (χ1) is 10.9. The number of hydrogen-bond acceptors (Lipinski definition) is 5. The summed E-state index contributed by atoms with van der Waals surface area (Å²) in [6.07, 6.45) is 0. The highest BCUT2D eigenvalue weighted by Crippen LogP contribution is 2.27. The van der Waals surface area contributed by atoms with E-state index in [-0.39, 0.29) is 18.0 Å². The molecule has 0 aliphatic rings. The van der Waals surface area contributed by atoms with Crippen molar-refractivity contribution < 1.29 is 19.2 Å². The highest BCUT2D eigenvalue weighted by molar-refractivity contribution is 5.42. The Bertz CT molecular complexity index is 721. The molecule has 0 heterocycles. The molecule has 0 saturated carbocycles. The SMILES string of the molecule is COc1cc(CN(C)Cc2cc(F)ccc2[N+](=O)[O-])ccc1O. The third kappa shape index (κ3) is 4.17. The first-order valence-corrected chi connectivity index (χ1v) is 6.88. The summed E-state index contributed by atoms with van der Waals surface area (Å²) in [5.74, 6) is -0.113. The van der Waals surface area contributed by atoms with Gasteiger partial charge in [-0.25, -0.2) is 4.39 Å². The lowest BCUT2D eigenvalue weighted by Crippen LogP contribution is -2.18. The van der Waals surface area contributed by atoms with Gasteiger partial charge in [-0.3, -0.25) is 15.0 Å². The normalized spacial score (nSPS) is 10.8. The number of nitro benzene ring substituents is 1. The molecular weight excluding hydrogens is 303 g/mol. The summed E-state index contributed by atoms with van der Waals surface area (Å²) in [6, 6.07) is 8.35. The van der Waals surface area contributed by atoms with Gasteiger partial charge < -0.3 is 9.84 Å². The molecular formula is C16H17FN2O4. The average Bonchev–Trinajstić information content (AvgIpc) is 2.48. The third-order valence-electron chi connectivity index (χ3n) is 3.38. The number of rotatable bonds is 6. The molecule has 1 N–H and O–H groups in total. The molecule has 2 rings (SSSR count). The van der Waals surface area contributed by atoms with Crippen LogP contribution in [0.1, 0.15) is 11.1 Å². The first kappa shape index (κ1) is 16.7. The Balaban J connectivity index is 2.15. The van der Waals surface area contributed by atoms with Crippen molar-refractivity contribution in [3.63, 3.8) is 0 Å². The summed E-state index contributed by atoms with van der Waals surface area (Å²) in [5.41, 5.74) is 1.06. The van der Waals surface area contributed by atoms with Crippen LogP contribution in [0.5, 0.6) is 11.5 Å². The van der Waals surface area contributed by atoms with E-state index in [0.29, 0.717) is 17.9 Å². The van der Waals surface area contributed by atoms with Crippen LogP contribution in [0.3, 0.4) is 0 Å². The monoisotopic (exact) mass is 320 g/mol. The molecule has 0 aromatic heterocycles. The molecule has 0 saturated heterocycles. The van der Waals surface area contributed by atoms with Crippen LogP contribution < -0.4 is 4.74 Å². The second kappa shape index (κ2) is 7.06. The van der Waals surface area contributed by atoms with Crippen LogP contribution in [0, 0.1) is 15.9 Å². The maximum absolute atomic E-state index is 13.3. The number of hydrogen-bond donors (Lipinski definition) is 1. The summed E-state index contributed by atoms with van der Waals surface area (Å²) < 4.78 is 18.4. The minimum atomic E-state index is -0.522. The Hall–Kier alpha value is -2.67. The van der Waals surface area contributed by atoms with Gasteiger partial charge >= 0.3 is 0 Å². The van der Waals surface area contributed by atoms with E-state index in [4.69, 9.17) is 4.74 Å². The van der Waals surface area contributed by atoms with Gasteiger partial charge in [0.1, 0.15) is 5.82 Å². The molecule has 6 nitrogen and oxygen atoms in total. The molecule has 2 aromatic rings. The second-order valence-corrected chi connectivity index (χ2v) is 5.21. The van der Waals surface area contributed by atoms with E-state index >= 15 is 0 Å². The number of benzene rings is 2. The van der Waals surface area contributed by atoms with Gasteiger partial charge in [0.15, 0.2) is 11.5 Å². The van der Waals surface area contributed by atoms with Crippen LogP contribution in [-0.4, -0.2) is 29.1 Å². The van der Waals surface area contributed by atoms with E-state index in [1.54, 1.807) is 19.2 Å². The van der Waals surface area contributed by atoms with Crippen molar-refractivity contribution in [3.8, 4) is 11.5 Å². The third-order valence-corrected chi connectivity index (χ3v) is 3.38. The second-order valence-electron chi connectivity index (χ2n) is 5.21. The van der Waals surface area contributed by atoms with Crippen LogP contribution in [0.25, 0.3) is 0 Å². The predicted molar refractivity (Wildman–Crippen MR) is 82.9 cm³/mol. The predicted octanol–water partition coefficient (Wildman–Crippen LogP) is 3.08. The van der Waals surface area contributed by atoms with Gasteiger partial charge in [0.25, 0.3) is 5.69 Å². The summed E-state index contributed by atoms with van der Waals surface area (Å²) in [5, 5.41) is 20.6. The Morgan fingerprint density at radius 2 is 2.00 bits per heavy atom. The van der Waals surface area contributed by atoms with E-state index in [2.05, 4.69) is 0 Å². The average molecular weight is 320 g/mol. The van der Waals surface area contributed by atoms with Crippen molar-refractivity contribution in [2.24, 2.45) is 0 Å². The fraction of sp³-hybridized carbons (Fsp3) is 0.250. The lowest BCUT2D eigenvalue weighted by atomic mass is 10.1. The zero-order chi connectivity index (χ0) is 17.0. The van der Waals surface area contributed by atoms with Crippen molar-refractivity contribution in [1.82, 2.24) is 4.90 Å². The van der Waals surface area contributed by atoms with Gasteiger partial charge in [-0.05, 0) is 36.9 Å². The number of ether oxygens (including phenoxy) is 1. The molecule has 0 amide bonds. The van der Waals surface area contributed by atoms with Crippen LogP contribution in [0.2, 0.25) is 0 Å². The van der Waals surface area contributed by atoms with Gasteiger partial charge in [0, 0.05) is 24.7 Å². The summed E-state index contributed by atoms with van der Waals surface area (Å²) in [6.45, 7) is 0.682. The Kier molecular flexibility index (Phi) is 5.13. The van der Waals surface area contributed by atoms with E-state index in [1.165, 1.54) is 25.3 Å². The number of methoxy groups -OCH3 is 1. The summed E-state index contributed by atoms with van der Waals surface area (Å²) >= 11 is 0. The number of phenols is 1. The Morgan fingerprint density at radius 3 is 2.65 bits per heavy atom. The van der Waals surface area contributed by atoms with E-state index in [9.17, 15) is 19.6 Å². The zero-order valence-corrected chi connectivity index (χ0v) is 12.8. The number of phenolic OH excluding ortho intramolecular Hbond substituents is 1. The minimum absolute atomic E-state index is 0.0414. The molecule has 23 heavy (non-hydrogen) atoms. The smallest absolute Gasteiger partial charge is 0.274 e. The lowest BCUT2D eigenvalue weighted by molar-refractivity contribution is -0.385. The summed E-state index contributed by atoms with van der Waals surface area (Å²) in [4.78, 5) is 12.3. The molecule has 2 aromatic carbocycles. The van der Waals surface area contributed by atoms with Gasteiger partial charge in [0.05, 0.1) is 12.0 Å². The van der Waals surface area contributed by atoms with Gasteiger partial charge in [-0.1, -0.05) is 6.07 Å². The molecule has 0 radical (unpaired) electrons. The molecule has 122 valence electrons. The lowest BCUT2D eigenvalue weighted by Gasteiger charge is -2.17. The van der Waals surface area contributed by atoms with Gasteiger partial charge in [-0.2, -0.15) is 0 Å². The fourth-order valence-corrected chi connectivity index (χ4v) is 2.34. The van der Waals surface area contributed by atoms with Crippen LogP contribution in [0.4, 0.5) is 10.1 Å². The molecule has 0 bridgehead atoms. The van der Waals surface area contributed by atoms with Crippen molar-refractivity contribution in [3.05, 3.63) is 63.5 Å². The van der Waals surface area contributed by atoms with Crippen LogP contribution in [-0.2, 0) is 13.1 Å². The van der Waals surface area contributed by atoms with Crippen LogP contribution in [0.15, 0.2) is 36.4 Å². The highest BCUT2D eigenvalue weighted by Gasteiger charge is 2.16. The quantitative estimate of drug-likeness (QED) is 0.654. The highest BCUT2D eigenvalue weighted by atomic mass is 19.1. The molecule has 0 aliphatic heterocycles. The molecule has 0 unspecified atom stereocenters. The number of nitro groups is 1. The maximum Gasteiger partial charge on any atom is 0.274 e. The minimum Gasteiger partial charge on any atom is -0.504 e. The Morgan fingerprint density at radius 1 is 1.26 bits per heavy atom. The molecule has 0 aliphatic carbocycles. The zero-order valence-electron chi connectivity index (χ0n) is 12.8. The van der Waals surface area contributed by atoms with Gasteiger partial charge in [-0.15, -0.1) is 0 Å². The largest absolute Gasteiger partial charge is 0.504 e. The van der Waals surface area contributed by atoms with Crippen molar-refractivity contribution >= 4 is 5.69 Å². The van der Waals surface area contributed by atoms with Crippen LogP contribution >= 0.6 is 0 Å². The molecule has 0 atom stereocenters. The molecule has 0 spiro atoms.